The molecule has 0 aliphatic carbocycles. The van der Waals surface area contributed by atoms with Gasteiger partial charge in [0.1, 0.15) is 33.1 Å². The topological polar surface area (TPSA) is 133 Å². The van der Waals surface area contributed by atoms with Crippen LogP contribution in [0.25, 0.3) is 27.8 Å². The average molecular weight is 569 g/mol. The minimum Gasteiger partial charge on any atom is -0.496 e. The largest absolute Gasteiger partial charge is 0.496 e. The van der Waals surface area contributed by atoms with Crippen molar-refractivity contribution in [1.82, 2.24) is 24.4 Å². The van der Waals surface area contributed by atoms with E-state index >= 15 is 0 Å². The summed E-state index contributed by atoms with van der Waals surface area (Å²) in [5.74, 6) is 0.481. The zero-order valence-corrected chi connectivity index (χ0v) is 23.0. The van der Waals surface area contributed by atoms with Crippen LogP contribution in [0.2, 0.25) is 0 Å². The number of rotatable bonds is 3. The van der Waals surface area contributed by atoms with Crippen molar-refractivity contribution in [3.05, 3.63) is 39.8 Å². The molecule has 0 unspecified atom stereocenters. The molecule has 1 aromatic carbocycles. The number of imidazole rings is 1. The van der Waals surface area contributed by atoms with E-state index < -0.39 is 17.8 Å². The number of amides is 2. The summed E-state index contributed by atoms with van der Waals surface area (Å²) in [5, 5.41) is 12.6. The number of halogens is 1. The number of alkyl carbamates (subject to hydrolysis) is 1. The number of pyridine rings is 1. The lowest BCUT2D eigenvalue weighted by molar-refractivity contribution is 0.0532. The van der Waals surface area contributed by atoms with Crippen molar-refractivity contribution in [1.29, 1.82) is 5.26 Å². The summed E-state index contributed by atoms with van der Waals surface area (Å²) in [7, 11) is 3.35. The van der Waals surface area contributed by atoms with E-state index in [9.17, 15) is 14.9 Å². The van der Waals surface area contributed by atoms with Crippen LogP contribution >= 0.6 is 15.9 Å². The molecule has 0 fully saturated rings. The number of benzene rings is 1. The molecule has 3 aromatic heterocycles. The van der Waals surface area contributed by atoms with Crippen LogP contribution in [0.1, 0.15) is 37.5 Å². The lowest BCUT2D eigenvalue weighted by atomic mass is 10.1. The molecule has 0 radical (unpaired) electrons. The van der Waals surface area contributed by atoms with Gasteiger partial charge in [-0.05, 0) is 62.2 Å². The van der Waals surface area contributed by atoms with Gasteiger partial charge in [-0.15, -0.1) is 0 Å². The van der Waals surface area contributed by atoms with Gasteiger partial charge in [0.25, 0.3) is 0 Å². The summed E-state index contributed by atoms with van der Waals surface area (Å²) in [6.07, 6.45) is -0.495. The molecule has 0 saturated heterocycles. The molecule has 0 atom stereocenters. The van der Waals surface area contributed by atoms with E-state index in [0.29, 0.717) is 38.1 Å². The summed E-state index contributed by atoms with van der Waals surface area (Å²) < 4.78 is 20.1. The fourth-order valence-corrected chi connectivity index (χ4v) is 4.70. The molecule has 0 aliphatic heterocycles. The molecule has 2 amide bonds. The summed E-state index contributed by atoms with van der Waals surface area (Å²) in [5.41, 5.74) is 2.90. The quantitative estimate of drug-likeness (QED) is 0.333. The van der Waals surface area contributed by atoms with Crippen LogP contribution in [0, 0.1) is 25.2 Å². The van der Waals surface area contributed by atoms with E-state index in [1.807, 2.05) is 26.0 Å². The average Bonchev–Trinajstić information content (AvgIpc) is 3.31. The van der Waals surface area contributed by atoms with E-state index in [4.69, 9.17) is 14.2 Å². The Kier molecular flexibility index (Phi) is 6.60. The Bertz CT molecular complexity index is 1620. The number of aromatic nitrogens is 4. The first kappa shape index (κ1) is 26.0. The number of aryl methyl sites for hydroxylation is 2. The first-order valence-electron chi connectivity index (χ1n) is 11.2. The molecule has 192 valence electrons. The molecule has 0 bridgehead atoms. The predicted molar refractivity (Wildman–Crippen MR) is 139 cm³/mol. The van der Waals surface area contributed by atoms with Crippen molar-refractivity contribution in [2.45, 2.75) is 40.2 Å². The van der Waals surface area contributed by atoms with Gasteiger partial charge >= 0.3 is 12.2 Å². The summed E-state index contributed by atoms with van der Waals surface area (Å²) in [6, 6.07) is 5.81. The van der Waals surface area contributed by atoms with Crippen LogP contribution in [0.5, 0.6) is 11.6 Å². The fraction of sp³-hybridized carbons (Fsp3) is 0.320. The fourth-order valence-electron chi connectivity index (χ4n) is 4.14. The molecule has 0 aliphatic rings. The minimum absolute atomic E-state index is 0.0305. The van der Waals surface area contributed by atoms with E-state index in [1.54, 1.807) is 50.4 Å². The monoisotopic (exact) mass is 568 g/mol. The van der Waals surface area contributed by atoms with Crippen molar-refractivity contribution in [2.75, 3.05) is 7.11 Å². The van der Waals surface area contributed by atoms with Crippen molar-refractivity contribution in [2.24, 2.45) is 7.05 Å². The maximum atomic E-state index is 12.9. The molecular weight excluding hydrogens is 544 g/mol. The summed E-state index contributed by atoms with van der Waals surface area (Å²) >= 11 is 3.48. The third-order valence-corrected chi connectivity index (χ3v) is 6.17. The van der Waals surface area contributed by atoms with Crippen molar-refractivity contribution >= 4 is 50.2 Å². The molecule has 4 aromatic rings. The smallest absolute Gasteiger partial charge is 0.423 e. The Morgan fingerprint density at radius 3 is 2.51 bits per heavy atom. The van der Waals surface area contributed by atoms with E-state index in [0.717, 1.165) is 11.1 Å². The number of imide groups is 1. The van der Waals surface area contributed by atoms with E-state index in [1.165, 1.54) is 0 Å². The lowest BCUT2D eigenvalue weighted by Crippen LogP contribution is -2.38. The van der Waals surface area contributed by atoms with Gasteiger partial charge in [-0.1, -0.05) is 6.07 Å². The van der Waals surface area contributed by atoms with Crippen LogP contribution < -0.4 is 14.8 Å². The van der Waals surface area contributed by atoms with Gasteiger partial charge in [0, 0.05) is 12.6 Å². The number of nitriles is 1. The molecule has 12 heteroatoms. The number of carbonyl (C=O) groups is 2. The van der Waals surface area contributed by atoms with Crippen LogP contribution in [-0.4, -0.2) is 44.0 Å². The highest BCUT2D eigenvalue weighted by molar-refractivity contribution is 9.10. The Morgan fingerprint density at radius 1 is 1.19 bits per heavy atom. The Morgan fingerprint density at radius 2 is 1.89 bits per heavy atom. The SMILES string of the molecule is COc1ccc(C)c(-n2c(OC(=O)NC(=O)OC(C)(C)C)c(C#N)c3c(Br)nc4c(ncn4C)c32)c1C. The molecular formula is C25H25BrN6O5. The maximum absolute atomic E-state index is 12.9. The molecule has 0 spiro atoms. The Labute approximate surface area is 221 Å². The van der Waals surface area contributed by atoms with Gasteiger partial charge in [0.15, 0.2) is 5.65 Å². The van der Waals surface area contributed by atoms with Crippen LogP contribution in [-0.2, 0) is 11.8 Å². The van der Waals surface area contributed by atoms with Gasteiger partial charge in [0.05, 0.1) is 30.0 Å². The number of hydrogen-bond acceptors (Lipinski definition) is 8. The standard InChI is InChI=1S/C25H25BrN6O5/c1-12-8-9-15(35-7)13(2)18(12)32-19-16(20(26)29-21-17(19)28-11-31(21)6)14(10-27)22(32)36-23(33)30-24(34)37-25(3,4)5/h8-9,11H,1-7H3,(H,30,33,34). The molecule has 11 nitrogen and oxygen atoms in total. The number of hydrogen-bond donors (Lipinski definition) is 1. The molecule has 1 N–H and O–H groups in total. The zero-order chi connectivity index (χ0) is 27.2. The van der Waals surface area contributed by atoms with Gasteiger partial charge in [0.2, 0.25) is 5.88 Å². The number of nitrogens with one attached hydrogen (secondary N) is 1. The summed E-state index contributed by atoms with van der Waals surface area (Å²) in [4.78, 5) is 34.1. The predicted octanol–water partition coefficient (Wildman–Crippen LogP) is 5.20. The van der Waals surface area contributed by atoms with Crippen LogP contribution in [0.15, 0.2) is 23.1 Å². The highest BCUT2D eigenvalue weighted by Gasteiger charge is 2.30. The van der Waals surface area contributed by atoms with E-state index in [-0.39, 0.29) is 11.4 Å². The minimum atomic E-state index is -1.12. The van der Waals surface area contributed by atoms with Crippen molar-refractivity contribution in [3.63, 3.8) is 0 Å². The lowest BCUT2D eigenvalue weighted by Gasteiger charge is -2.20. The first-order valence-corrected chi connectivity index (χ1v) is 12.0. The van der Waals surface area contributed by atoms with Gasteiger partial charge in [-0.25, -0.2) is 24.9 Å². The van der Waals surface area contributed by atoms with Crippen molar-refractivity contribution in [3.8, 4) is 23.4 Å². The van der Waals surface area contributed by atoms with Gasteiger partial charge in [-0.3, -0.25) is 4.57 Å². The number of nitrogens with zero attached hydrogens (tertiary/aromatic N) is 5. The zero-order valence-electron chi connectivity index (χ0n) is 21.4. The third-order valence-electron chi connectivity index (χ3n) is 5.60. The van der Waals surface area contributed by atoms with Gasteiger partial charge in [-0.2, -0.15) is 5.26 Å². The molecule has 37 heavy (non-hydrogen) atoms. The molecule has 3 heterocycles. The number of fused-ring (bicyclic) bond motifs is 3. The highest BCUT2D eigenvalue weighted by atomic mass is 79.9. The van der Waals surface area contributed by atoms with E-state index in [2.05, 4.69) is 37.3 Å². The summed E-state index contributed by atoms with van der Waals surface area (Å²) in [6.45, 7) is 8.74. The normalized spacial score (nSPS) is 11.4. The Balaban J connectivity index is 2.05. The Hall–Kier alpha value is -4.11. The third kappa shape index (κ3) is 4.58. The highest BCUT2D eigenvalue weighted by Crippen LogP contribution is 2.43. The maximum Gasteiger partial charge on any atom is 0.423 e. The second kappa shape index (κ2) is 9.40. The van der Waals surface area contributed by atoms with Crippen LogP contribution in [0.3, 0.4) is 0 Å². The van der Waals surface area contributed by atoms with Crippen molar-refractivity contribution < 1.29 is 23.8 Å². The second-order valence-electron chi connectivity index (χ2n) is 9.36. The first-order chi connectivity index (χ1) is 17.4. The number of carbonyl (C=O) groups excluding carboxylic acids is 2. The number of methoxy groups -OCH3 is 1. The molecule has 0 saturated carbocycles. The van der Waals surface area contributed by atoms with Gasteiger partial charge < -0.3 is 18.8 Å². The molecule has 4 rings (SSSR count). The second-order valence-corrected chi connectivity index (χ2v) is 10.1. The number of ether oxygens (including phenoxy) is 3. The van der Waals surface area contributed by atoms with Crippen LogP contribution in [0.4, 0.5) is 9.59 Å².